The first-order valence-corrected chi connectivity index (χ1v) is 5.68. The van der Waals surface area contributed by atoms with Gasteiger partial charge in [-0.25, -0.2) is 0 Å². The number of nitrogens with one attached hydrogen (secondary N) is 1. The summed E-state index contributed by atoms with van der Waals surface area (Å²) in [5.74, 6) is 1.09. The van der Waals surface area contributed by atoms with Crippen molar-refractivity contribution >= 4 is 17.5 Å². The molecule has 16 heavy (non-hydrogen) atoms. The van der Waals surface area contributed by atoms with Crippen molar-refractivity contribution in [3.63, 3.8) is 0 Å². The van der Waals surface area contributed by atoms with E-state index in [4.69, 9.17) is 16.3 Å². The van der Waals surface area contributed by atoms with Crippen LogP contribution in [0.3, 0.4) is 0 Å². The number of carbonyl (C=O) groups excluding carboxylic acids is 1. The molecule has 1 saturated carbocycles. The fourth-order valence-corrected chi connectivity index (χ4v) is 1.71. The lowest BCUT2D eigenvalue weighted by Crippen LogP contribution is -2.24. The Labute approximate surface area is 99.7 Å². The van der Waals surface area contributed by atoms with Gasteiger partial charge in [0.15, 0.2) is 0 Å². The number of hydrogen-bond donors (Lipinski definition) is 1. The monoisotopic (exact) mass is 239 g/mol. The van der Waals surface area contributed by atoms with Gasteiger partial charge in [-0.15, -0.1) is 0 Å². The van der Waals surface area contributed by atoms with Gasteiger partial charge in [0.05, 0.1) is 7.11 Å². The molecule has 0 saturated heterocycles. The van der Waals surface area contributed by atoms with Crippen LogP contribution in [0.15, 0.2) is 18.2 Å². The standard InChI is InChI=1S/C12H14ClNO2/c1-16-10-5-4-9(11(13)6-10)7-14-12(15)8-2-3-8/h4-6,8H,2-3,7H2,1H3,(H,14,15). The number of hydrogen-bond acceptors (Lipinski definition) is 2. The Morgan fingerprint density at radius 1 is 1.56 bits per heavy atom. The van der Waals surface area contributed by atoms with E-state index in [1.807, 2.05) is 12.1 Å². The third-order valence-electron chi connectivity index (χ3n) is 2.66. The van der Waals surface area contributed by atoms with E-state index in [0.29, 0.717) is 11.6 Å². The molecular weight excluding hydrogens is 226 g/mol. The third kappa shape index (κ3) is 2.67. The summed E-state index contributed by atoms with van der Waals surface area (Å²) in [6.07, 6.45) is 2.03. The van der Waals surface area contributed by atoms with Crippen LogP contribution in [0.25, 0.3) is 0 Å². The molecule has 0 atom stereocenters. The smallest absolute Gasteiger partial charge is 0.223 e. The van der Waals surface area contributed by atoms with E-state index >= 15 is 0 Å². The normalized spacial score (nSPS) is 14.6. The van der Waals surface area contributed by atoms with Crippen LogP contribution in [-0.4, -0.2) is 13.0 Å². The van der Waals surface area contributed by atoms with Gasteiger partial charge < -0.3 is 10.1 Å². The molecule has 1 amide bonds. The molecule has 2 rings (SSSR count). The number of carbonyl (C=O) groups is 1. The van der Waals surface area contributed by atoms with Crippen molar-refractivity contribution in [2.75, 3.05) is 7.11 Å². The summed E-state index contributed by atoms with van der Waals surface area (Å²) < 4.78 is 5.05. The molecule has 1 aliphatic carbocycles. The Morgan fingerprint density at radius 3 is 2.88 bits per heavy atom. The number of halogens is 1. The molecule has 86 valence electrons. The number of benzene rings is 1. The number of rotatable bonds is 4. The topological polar surface area (TPSA) is 38.3 Å². The van der Waals surface area contributed by atoms with Crippen LogP contribution >= 0.6 is 11.6 Å². The molecule has 1 fully saturated rings. The van der Waals surface area contributed by atoms with E-state index in [2.05, 4.69) is 5.32 Å². The molecule has 0 bridgehead atoms. The summed E-state index contributed by atoms with van der Waals surface area (Å²) in [6.45, 7) is 0.484. The quantitative estimate of drug-likeness (QED) is 0.876. The molecule has 0 radical (unpaired) electrons. The lowest BCUT2D eigenvalue weighted by molar-refractivity contribution is -0.122. The second kappa shape index (κ2) is 4.74. The summed E-state index contributed by atoms with van der Waals surface area (Å²) in [7, 11) is 1.60. The van der Waals surface area contributed by atoms with E-state index in [1.54, 1.807) is 13.2 Å². The van der Waals surface area contributed by atoms with Crippen molar-refractivity contribution < 1.29 is 9.53 Å². The summed E-state index contributed by atoms with van der Waals surface area (Å²) >= 11 is 6.06. The van der Waals surface area contributed by atoms with Crippen LogP contribution in [0.1, 0.15) is 18.4 Å². The van der Waals surface area contributed by atoms with Gasteiger partial charge >= 0.3 is 0 Å². The Morgan fingerprint density at radius 2 is 2.31 bits per heavy atom. The van der Waals surface area contributed by atoms with Gasteiger partial charge in [0, 0.05) is 17.5 Å². The Kier molecular flexibility index (Phi) is 3.34. The van der Waals surface area contributed by atoms with Gasteiger partial charge in [0.25, 0.3) is 0 Å². The fraction of sp³-hybridized carbons (Fsp3) is 0.417. The predicted molar refractivity (Wildman–Crippen MR) is 62.6 cm³/mol. The molecule has 0 heterocycles. The van der Waals surface area contributed by atoms with Crippen molar-refractivity contribution in [2.24, 2.45) is 5.92 Å². The maximum atomic E-state index is 11.4. The van der Waals surface area contributed by atoms with Gasteiger partial charge in [0.2, 0.25) is 5.91 Å². The molecule has 0 aromatic heterocycles. The minimum atomic E-state index is 0.131. The third-order valence-corrected chi connectivity index (χ3v) is 3.01. The van der Waals surface area contributed by atoms with E-state index in [-0.39, 0.29) is 11.8 Å². The van der Waals surface area contributed by atoms with Crippen molar-refractivity contribution in [1.29, 1.82) is 0 Å². The minimum Gasteiger partial charge on any atom is -0.497 e. The average Bonchev–Trinajstić information content (AvgIpc) is 3.10. The highest BCUT2D eigenvalue weighted by molar-refractivity contribution is 6.31. The van der Waals surface area contributed by atoms with E-state index in [0.717, 1.165) is 24.2 Å². The first-order valence-electron chi connectivity index (χ1n) is 5.31. The van der Waals surface area contributed by atoms with E-state index < -0.39 is 0 Å². The maximum absolute atomic E-state index is 11.4. The number of methoxy groups -OCH3 is 1. The van der Waals surface area contributed by atoms with Gasteiger partial charge in [-0.2, -0.15) is 0 Å². The molecule has 1 aromatic carbocycles. The zero-order chi connectivity index (χ0) is 11.5. The molecule has 0 spiro atoms. The van der Waals surface area contributed by atoms with E-state index in [9.17, 15) is 4.79 Å². The van der Waals surface area contributed by atoms with Crippen LogP contribution < -0.4 is 10.1 Å². The zero-order valence-electron chi connectivity index (χ0n) is 9.13. The molecule has 1 aliphatic rings. The van der Waals surface area contributed by atoms with Gasteiger partial charge in [-0.3, -0.25) is 4.79 Å². The molecule has 0 unspecified atom stereocenters. The Balaban J connectivity index is 1.95. The first kappa shape index (κ1) is 11.3. The van der Waals surface area contributed by atoms with Crippen LogP contribution in [0, 0.1) is 5.92 Å². The summed E-state index contributed by atoms with van der Waals surface area (Å²) in [5, 5.41) is 3.50. The van der Waals surface area contributed by atoms with Gasteiger partial charge in [-0.05, 0) is 30.5 Å². The second-order valence-corrected chi connectivity index (χ2v) is 4.36. The summed E-state index contributed by atoms with van der Waals surface area (Å²) in [6, 6.07) is 5.46. The minimum absolute atomic E-state index is 0.131. The number of amides is 1. The Bertz CT molecular complexity index is 402. The predicted octanol–water partition coefficient (Wildman–Crippen LogP) is 2.37. The maximum Gasteiger partial charge on any atom is 0.223 e. The lowest BCUT2D eigenvalue weighted by atomic mass is 10.2. The van der Waals surface area contributed by atoms with Crippen LogP contribution in [-0.2, 0) is 11.3 Å². The SMILES string of the molecule is COc1ccc(CNC(=O)C2CC2)c(Cl)c1. The highest BCUT2D eigenvalue weighted by Crippen LogP contribution is 2.29. The summed E-state index contributed by atoms with van der Waals surface area (Å²) in [5.41, 5.74) is 0.913. The van der Waals surface area contributed by atoms with Crippen molar-refractivity contribution in [1.82, 2.24) is 5.32 Å². The van der Waals surface area contributed by atoms with Gasteiger partial charge in [-0.1, -0.05) is 17.7 Å². The van der Waals surface area contributed by atoms with Crippen molar-refractivity contribution in [3.05, 3.63) is 28.8 Å². The van der Waals surface area contributed by atoms with Crippen LogP contribution in [0.2, 0.25) is 5.02 Å². The van der Waals surface area contributed by atoms with E-state index in [1.165, 1.54) is 0 Å². The molecule has 1 N–H and O–H groups in total. The van der Waals surface area contributed by atoms with Crippen molar-refractivity contribution in [2.45, 2.75) is 19.4 Å². The highest BCUT2D eigenvalue weighted by Gasteiger charge is 2.29. The average molecular weight is 240 g/mol. The zero-order valence-corrected chi connectivity index (χ0v) is 9.88. The second-order valence-electron chi connectivity index (χ2n) is 3.95. The number of ether oxygens (including phenoxy) is 1. The molecule has 4 heteroatoms. The largest absolute Gasteiger partial charge is 0.497 e. The summed E-state index contributed by atoms with van der Waals surface area (Å²) in [4.78, 5) is 11.4. The molecular formula is C12H14ClNO2. The molecule has 1 aromatic rings. The fourth-order valence-electron chi connectivity index (χ4n) is 1.47. The van der Waals surface area contributed by atoms with Gasteiger partial charge in [0.1, 0.15) is 5.75 Å². The molecule has 3 nitrogen and oxygen atoms in total. The Hall–Kier alpha value is -1.22. The highest BCUT2D eigenvalue weighted by atomic mass is 35.5. The molecule has 0 aliphatic heterocycles. The van der Waals surface area contributed by atoms with Crippen LogP contribution in [0.5, 0.6) is 5.75 Å². The van der Waals surface area contributed by atoms with Crippen LogP contribution in [0.4, 0.5) is 0 Å². The first-order chi connectivity index (χ1) is 7.70. The van der Waals surface area contributed by atoms with Crippen molar-refractivity contribution in [3.8, 4) is 5.75 Å². The lowest BCUT2D eigenvalue weighted by Gasteiger charge is -2.07.